The molecule has 0 saturated carbocycles. The van der Waals surface area contributed by atoms with E-state index in [1.54, 1.807) is 18.2 Å². The highest BCUT2D eigenvalue weighted by Crippen LogP contribution is 2.25. The van der Waals surface area contributed by atoms with Gasteiger partial charge in [-0.3, -0.25) is 0 Å². The molecule has 2 aromatic carbocycles. The van der Waals surface area contributed by atoms with E-state index in [1.807, 2.05) is 12.1 Å². The van der Waals surface area contributed by atoms with Crippen LogP contribution in [0.15, 0.2) is 40.9 Å². The van der Waals surface area contributed by atoms with Crippen LogP contribution in [0.2, 0.25) is 0 Å². The fourth-order valence-corrected chi connectivity index (χ4v) is 2.09. The van der Waals surface area contributed by atoms with Crippen molar-refractivity contribution in [3.05, 3.63) is 58.1 Å². The van der Waals surface area contributed by atoms with Gasteiger partial charge in [0, 0.05) is 18.2 Å². The van der Waals surface area contributed by atoms with E-state index in [-0.39, 0.29) is 23.3 Å². The SMILES string of the molecule is N#CCOc1ccccc1CNc1cc(Br)c(F)cc1F. The highest BCUT2D eigenvalue weighted by molar-refractivity contribution is 9.10. The molecule has 0 heterocycles. The summed E-state index contributed by atoms with van der Waals surface area (Å²) >= 11 is 3.01. The maximum absolute atomic E-state index is 13.6. The molecule has 108 valence electrons. The van der Waals surface area contributed by atoms with E-state index >= 15 is 0 Å². The second kappa shape index (κ2) is 7.04. The van der Waals surface area contributed by atoms with Gasteiger partial charge in [-0.05, 0) is 28.1 Å². The molecule has 0 fully saturated rings. The van der Waals surface area contributed by atoms with Crippen molar-refractivity contribution in [2.75, 3.05) is 11.9 Å². The zero-order chi connectivity index (χ0) is 15.2. The Labute approximate surface area is 129 Å². The van der Waals surface area contributed by atoms with E-state index in [2.05, 4.69) is 21.2 Å². The van der Waals surface area contributed by atoms with Crippen molar-refractivity contribution in [1.82, 2.24) is 0 Å². The molecule has 3 nitrogen and oxygen atoms in total. The number of anilines is 1. The molecule has 0 unspecified atom stereocenters. The molecule has 21 heavy (non-hydrogen) atoms. The zero-order valence-corrected chi connectivity index (χ0v) is 12.5. The summed E-state index contributed by atoms with van der Waals surface area (Å²) in [6.07, 6.45) is 0. The molecule has 0 bridgehead atoms. The van der Waals surface area contributed by atoms with Crippen LogP contribution < -0.4 is 10.1 Å². The Bertz CT molecular complexity index is 686. The summed E-state index contributed by atoms with van der Waals surface area (Å²) in [6, 6.07) is 11.2. The molecular weight excluding hydrogens is 342 g/mol. The lowest BCUT2D eigenvalue weighted by molar-refractivity contribution is 0.364. The molecule has 0 aliphatic carbocycles. The third kappa shape index (κ3) is 3.92. The maximum atomic E-state index is 13.6. The highest BCUT2D eigenvalue weighted by atomic mass is 79.9. The van der Waals surface area contributed by atoms with E-state index < -0.39 is 11.6 Å². The van der Waals surface area contributed by atoms with Gasteiger partial charge in [-0.25, -0.2) is 8.78 Å². The van der Waals surface area contributed by atoms with E-state index in [9.17, 15) is 8.78 Å². The van der Waals surface area contributed by atoms with Crippen LogP contribution in [0.3, 0.4) is 0 Å². The monoisotopic (exact) mass is 352 g/mol. The molecule has 0 aromatic heterocycles. The normalized spacial score (nSPS) is 10.0. The Morgan fingerprint density at radius 3 is 2.71 bits per heavy atom. The first-order valence-corrected chi connectivity index (χ1v) is 6.87. The number of halogens is 3. The number of nitriles is 1. The smallest absolute Gasteiger partial charge is 0.174 e. The number of para-hydroxylation sites is 1. The van der Waals surface area contributed by atoms with Crippen LogP contribution in [0.25, 0.3) is 0 Å². The topological polar surface area (TPSA) is 45.0 Å². The first kappa shape index (κ1) is 15.3. The maximum Gasteiger partial charge on any atom is 0.174 e. The predicted octanol–water partition coefficient (Wildman–Crippen LogP) is 4.24. The molecule has 1 N–H and O–H groups in total. The van der Waals surface area contributed by atoms with Crippen molar-refractivity contribution in [3.8, 4) is 11.8 Å². The largest absolute Gasteiger partial charge is 0.478 e. The number of nitrogens with one attached hydrogen (secondary N) is 1. The van der Waals surface area contributed by atoms with E-state index in [0.29, 0.717) is 5.75 Å². The van der Waals surface area contributed by atoms with Crippen LogP contribution in [-0.4, -0.2) is 6.61 Å². The lowest BCUT2D eigenvalue weighted by atomic mass is 10.2. The molecule has 0 atom stereocenters. The molecular formula is C15H11BrF2N2O. The number of hydrogen-bond donors (Lipinski definition) is 1. The molecule has 0 saturated heterocycles. The number of rotatable bonds is 5. The van der Waals surface area contributed by atoms with Crippen LogP contribution in [-0.2, 0) is 6.54 Å². The van der Waals surface area contributed by atoms with Crippen LogP contribution in [0.5, 0.6) is 5.75 Å². The van der Waals surface area contributed by atoms with Crippen LogP contribution in [0, 0.1) is 23.0 Å². The molecule has 0 aliphatic heterocycles. The molecule has 0 spiro atoms. The summed E-state index contributed by atoms with van der Waals surface area (Å²) in [4.78, 5) is 0. The fraction of sp³-hybridized carbons (Fsp3) is 0.133. The van der Waals surface area contributed by atoms with Crippen molar-refractivity contribution >= 4 is 21.6 Å². The average Bonchev–Trinajstić information content (AvgIpc) is 2.48. The van der Waals surface area contributed by atoms with E-state index in [0.717, 1.165) is 11.6 Å². The summed E-state index contributed by atoms with van der Waals surface area (Å²) in [5, 5.41) is 11.4. The Kier molecular flexibility index (Phi) is 5.12. The zero-order valence-electron chi connectivity index (χ0n) is 10.9. The number of nitrogens with zero attached hydrogens (tertiary/aromatic N) is 1. The first-order valence-electron chi connectivity index (χ1n) is 6.08. The lowest BCUT2D eigenvalue weighted by Crippen LogP contribution is -2.05. The second-order valence-electron chi connectivity index (χ2n) is 4.15. The van der Waals surface area contributed by atoms with Crippen molar-refractivity contribution in [2.45, 2.75) is 6.54 Å². The minimum absolute atomic E-state index is 0.0620. The summed E-state index contributed by atoms with van der Waals surface area (Å²) in [5.41, 5.74) is 0.950. The molecule has 0 radical (unpaired) electrons. The minimum Gasteiger partial charge on any atom is -0.478 e. The molecule has 2 rings (SSSR count). The summed E-state index contributed by atoms with van der Waals surface area (Å²) in [5.74, 6) is -0.782. The van der Waals surface area contributed by atoms with Gasteiger partial charge in [-0.15, -0.1) is 0 Å². The predicted molar refractivity (Wildman–Crippen MR) is 78.9 cm³/mol. The third-order valence-electron chi connectivity index (χ3n) is 2.74. The van der Waals surface area contributed by atoms with Gasteiger partial charge in [0.05, 0.1) is 10.2 Å². The lowest BCUT2D eigenvalue weighted by Gasteiger charge is -2.12. The van der Waals surface area contributed by atoms with Gasteiger partial charge in [0.25, 0.3) is 0 Å². The van der Waals surface area contributed by atoms with Crippen molar-refractivity contribution in [1.29, 1.82) is 5.26 Å². The van der Waals surface area contributed by atoms with Gasteiger partial charge >= 0.3 is 0 Å². The Morgan fingerprint density at radius 1 is 1.19 bits per heavy atom. The third-order valence-corrected chi connectivity index (χ3v) is 3.35. The number of benzene rings is 2. The number of hydrogen-bond acceptors (Lipinski definition) is 3. The Balaban J connectivity index is 2.13. The quantitative estimate of drug-likeness (QED) is 0.818. The Hall–Kier alpha value is -2.13. The summed E-state index contributed by atoms with van der Waals surface area (Å²) in [7, 11) is 0. The molecule has 6 heteroatoms. The molecule has 2 aromatic rings. The van der Waals surface area contributed by atoms with Gasteiger partial charge in [-0.1, -0.05) is 18.2 Å². The van der Waals surface area contributed by atoms with Crippen molar-refractivity contribution in [3.63, 3.8) is 0 Å². The van der Waals surface area contributed by atoms with Crippen LogP contribution in [0.1, 0.15) is 5.56 Å². The molecule has 0 aliphatic rings. The average molecular weight is 353 g/mol. The van der Waals surface area contributed by atoms with E-state index in [1.165, 1.54) is 6.07 Å². The van der Waals surface area contributed by atoms with Gasteiger partial charge in [0.15, 0.2) is 6.61 Å². The van der Waals surface area contributed by atoms with Gasteiger partial charge in [-0.2, -0.15) is 5.26 Å². The van der Waals surface area contributed by atoms with Crippen molar-refractivity contribution < 1.29 is 13.5 Å². The summed E-state index contributed by atoms with van der Waals surface area (Å²) < 4.78 is 32.3. The Morgan fingerprint density at radius 2 is 1.95 bits per heavy atom. The standard InChI is InChI=1S/C15H11BrF2N2O/c16-11-7-14(13(18)8-12(11)17)20-9-10-3-1-2-4-15(10)21-6-5-19/h1-4,7-8,20H,6,9H2. The van der Waals surface area contributed by atoms with Crippen molar-refractivity contribution in [2.24, 2.45) is 0 Å². The fourth-order valence-electron chi connectivity index (χ4n) is 1.75. The highest BCUT2D eigenvalue weighted by Gasteiger charge is 2.09. The number of ether oxygens (including phenoxy) is 1. The van der Waals surface area contributed by atoms with Gasteiger partial charge < -0.3 is 10.1 Å². The van der Waals surface area contributed by atoms with E-state index in [4.69, 9.17) is 10.00 Å². The van der Waals surface area contributed by atoms with Crippen LogP contribution in [0.4, 0.5) is 14.5 Å². The summed E-state index contributed by atoms with van der Waals surface area (Å²) in [6.45, 7) is 0.226. The van der Waals surface area contributed by atoms with Gasteiger partial charge in [0.2, 0.25) is 0 Å². The molecule has 0 amide bonds. The first-order chi connectivity index (χ1) is 10.1. The second-order valence-corrected chi connectivity index (χ2v) is 5.01. The minimum atomic E-state index is -0.675. The van der Waals surface area contributed by atoms with Crippen LogP contribution >= 0.6 is 15.9 Å². The van der Waals surface area contributed by atoms with Gasteiger partial charge in [0.1, 0.15) is 23.5 Å².